The molecular formula is C19H31N3O3S. The van der Waals surface area contributed by atoms with E-state index in [4.69, 9.17) is 0 Å². The number of nitrogens with one attached hydrogen (secondary N) is 1. The number of aryl methyl sites for hydroxylation is 1. The Morgan fingerprint density at radius 3 is 2.42 bits per heavy atom. The lowest BCUT2D eigenvalue weighted by molar-refractivity contribution is -0.135. The Kier molecular flexibility index (Phi) is 7.20. The van der Waals surface area contributed by atoms with Crippen molar-refractivity contribution < 1.29 is 13.2 Å². The first kappa shape index (κ1) is 20.9. The summed E-state index contributed by atoms with van der Waals surface area (Å²) in [4.78, 5) is 16.9. The molecule has 1 heterocycles. The molecule has 7 heteroatoms. The van der Waals surface area contributed by atoms with E-state index in [1.165, 1.54) is 0 Å². The van der Waals surface area contributed by atoms with Crippen LogP contribution in [0.3, 0.4) is 0 Å². The van der Waals surface area contributed by atoms with Crippen molar-refractivity contribution in [2.24, 2.45) is 5.92 Å². The predicted molar refractivity (Wildman–Crippen MR) is 104 cm³/mol. The van der Waals surface area contributed by atoms with Crippen molar-refractivity contribution in [3.05, 3.63) is 35.4 Å². The molecule has 0 aromatic heterocycles. The van der Waals surface area contributed by atoms with E-state index in [2.05, 4.69) is 9.62 Å². The van der Waals surface area contributed by atoms with Gasteiger partial charge in [-0.3, -0.25) is 4.79 Å². The molecule has 1 saturated heterocycles. The smallest absolute Gasteiger partial charge is 0.240 e. The van der Waals surface area contributed by atoms with Crippen LogP contribution in [0.2, 0.25) is 0 Å². The highest BCUT2D eigenvalue weighted by molar-refractivity contribution is 7.88. The van der Waals surface area contributed by atoms with Crippen LogP contribution >= 0.6 is 0 Å². The van der Waals surface area contributed by atoms with Crippen molar-refractivity contribution in [2.45, 2.75) is 39.0 Å². The average Bonchev–Trinajstić information content (AvgIpc) is 2.53. The van der Waals surface area contributed by atoms with Crippen LogP contribution < -0.4 is 4.72 Å². The maximum absolute atomic E-state index is 12.9. The summed E-state index contributed by atoms with van der Waals surface area (Å²) in [7, 11) is -1.57. The monoisotopic (exact) mass is 381 g/mol. The number of hydrogen-bond donors (Lipinski definition) is 1. The molecule has 0 spiro atoms. The lowest BCUT2D eigenvalue weighted by atomic mass is 10.0. The summed E-state index contributed by atoms with van der Waals surface area (Å²) in [5, 5.41) is 0. The minimum atomic E-state index is -3.60. The minimum Gasteiger partial charge on any atom is -0.339 e. The third-order valence-corrected chi connectivity index (χ3v) is 5.94. The average molecular weight is 382 g/mol. The number of sulfonamides is 1. The molecule has 0 bridgehead atoms. The summed E-state index contributed by atoms with van der Waals surface area (Å²) in [5.74, 6) is -0.00283. The highest BCUT2D eigenvalue weighted by Gasteiger charge is 2.30. The highest BCUT2D eigenvalue weighted by Crippen LogP contribution is 2.14. The number of carbonyl (C=O) groups is 1. The zero-order valence-electron chi connectivity index (χ0n) is 16.2. The number of likely N-dealkylation sites (N-methyl/N-ethyl adjacent to an activating group) is 1. The van der Waals surface area contributed by atoms with Crippen molar-refractivity contribution in [2.75, 3.05) is 33.2 Å². The van der Waals surface area contributed by atoms with Gasteiger partial charge in [0.1, 0.15) is 6.04 Å². The van der Waals surface area contributed by atoms with Gasteiger partial charge in [-0.05, 0) is 31.9 Å². The number of nitrogens with zero attached hydrogens (tertiary/aromatic N) is 2. The molecule has 26 heavy (non-hydrogen) atoms. The Balaban J connectivity index is 2.09. The molecule has 1 amide bonds. The van der Waals surface area contributed by atoms with Crippen LogP contribution in [0.25, 0.3) is 0 Å². The van der Waals surface area contributed by atoms with E-state index >= 15 is 0 Å². The molecule has 0 saturated carbocycles. The summed E-state index contributed by atoms with van der Waals surface area (Å²) >= 11 is 0. The second kappa shape index (κ2) is 8.97. The van der Waals surface area contributed by atoms with Crippen molar-refractivity contribution in [1.29, 1.82) is 0 Å². The molecule has 2 rings (SSSR count). The molecule has 1 aliphatic rings. The van der Waals surface area contributed by atoms with E-state index in [-0.39, 0.29) is 17.6 Å². The summed E-state index contributed by atoms with van der Waals surface area (Å²) in [6.07, 6.45) is 0.498. The molecule has 0 aliphatic carbocycles. The number of piperazine rings is 1. The van der Waals surface area contributed by atoms with Gasteiger partial charge in [-0.25, -0.2) is 13.1 Å². The van der Waals surface area contributed by atoms with Crippen molar-refractivity contribution in [1.82, 2.24) is 14.5 Å². The van der Waals surface area contributed by atoms with E-state index in [1.807, 2.05) is 46.0 Å². The SMILES string of the molecule is Cc1cccc(CS(=O)(=O)N[C@H](CC(C)C)C(=O)N2CCN(C)CC2)c1. The fourth-order valence-corrected chi connectivity index (χ4v) is 4.53. The number of rotatable bonds is 7. The normalized spacial score (nSPS) is 17.5. The standard InChI is InChI=1S/C19H31N3O3S/c1-15(2)12-18(19(23)22-10-8-21(4)9-11-22)20-26(24,25)14-17-7-5-6-16(3)13-17/h5-7,13,15,18,20H,8-12,14H2,1-4H3/t18-/m1/s1. The topological polar surface area (TPSA) is 69.7 Å². The van der Waals surface area contributed by atoms with Gasteiger partial charge in [-0.2, -0.15) is 0 Å². The van der Waals surface area contributed by atoms with Gasteiger partial charge in [-0.15, -0.1) is 0 Å². The summed E-state index contributed by atoms with van der Waals surface area (Å²) in [6, 6.07) is 6.74. The van der Waals surface area contributed by atoms with Gasteiger partial charge in [0, 0.05) is 26.2 Å². The van der Waals surface area contributed by atoms with Gasteiger partial charge < -0.3 is 9.80 Å². The number of hydrogen-bond acceptors (Lipinski definition) is 4. The molecule has 1 aromatic rings. The van der Waals surface area contributed by atoms with Crippen molar-refractivity contribution >= 4 is 15.9 Å². The fourth-order valence-electron chi connectivity index (χ4n) is 3.20. The van der Waals surface area contributed by atoms with Gasteiger partial charge in [-0.1, -0.05) is 43.7 Å². The molecule has 0 unspecified atom stereocenters. The molecular weight excluding hydrogens is 350 g/mol. The van der Waals surface area contributed by atoms with E-state index in [0.717, 1.165) is 24.2 Å². The molecule has 146 valence electrons. The van der Waals surface area contributed by atoms with E-state index in [9.17, 15) is 13.2 Å². The zero-order valence-corrected chi connectivity index (χ0v) is 17.1. The zero-order chi connectivity index (χ0) is 19.3. The van der Waals surface area contributed by atoms with Crippen LogP contribution in [0.15, 0.2) is 24.3 Å². The summed E-state index contributed by atoms with van der Waals surface area (Å²) in [6.45, 7) is 8.85. The van der Waals surface area contributed by atoms with Crippen LogP contribution in [0.5, 0.6) is 0 Å². The molecule has 6 nitrogen and oxygen atoms in total. The Morgan fingerprint density at radius 2 is 1.85 bits per heavy atom. The van der Waals surface area contributed by atoms with Gasteiger partial charge in [0.25, 0.3) is 0 Å². The third-order valence-electron chi connectivity index (χ3n) is 4.58. The fraction of sp³-hybridized carbons (Fsp3) is 0.632. The van der Waals surface area contributed by atoms with Gasteiger partial charge in [0.15, 0.2) is 0 Å². The van der Waals surface area contributed by atoms with Gasteiger partial charge in [0.2, 0.25) is 15.9 Å². The molecule has 1 atom stereocenters. The van der Waals surface area contributed by atoms with Crippen LogP contribution in [-0.2, 0) is 20.6 Å². The lowest BCUT2D eigenvalue weighted by Crippen LogP contribution is -2.54. The van der Waals surface area contributed by atoms with E-state index < -0.39 is 16.1 Å². The first-order valence-corrected chi connectivity index (χ1v) is 10.8. The highest BCUT2D eigenvalue weighted by atomic mass is 32.2. The number of benzene rings is 1. The lowest BCUT2D eigenvalue weighted by Gasteiger charge is -2.35. The first-order chi connectivity index (χ1) is 12.2. The van der Waals surface area contributed by atoms with Crippen LogP contribution in [0.4, 0.5) is 0 Å². The largest absolute Gasteiger partial charge is 0.339 e. The van der Waals surface area contributed by atoms with Crippen LogP contribution in [0.1, 0.15) is 31.4 Å². The van der Waals surface area contributed by atoms with E-state index in [0.29, 0.717) is 19.5 Å². The van der Waals surface area contributed by atoms with Crippen molar-refractivity contribution in [3.8, 4) is 0 Å². The minimum absolute atomic E-state index is 0.111. The maximum atomic E-state index is 12.9. The Morgan fingerprint density at radius 1 is 1.19 bits per heavy atom. The predicted octanol–water partition coefficient (Wildman–Crippen LogP) is 1.60. The number of carbonyl (C=O) groups excluding carboxylic acids is 1. The first-order valence-electron chi connectivity index (χ1n) is 9.19. The third kappa shape index (κ3) is 6.37. The van der Waals surface area contributed by atoms with Crippen LogP contribution in [0, 0.1) is 12.8 Å². The molecule has 0 radical (unpaired) electrons. The Labute approximate surface area is 157 Å². The summed E-state index contributed by atoms with van der Waals surface area (Å²) in [5.41, 5.74) is 1.75. The molecule has 1 aliphatic heterocycles. The van der Waals surface area contributed by atoms with Gasteiger partial charge >= 0.3 is 0 Å². The number of amides is 1. The van der Waals surface area contributed by atoms with Crippen LogP contribution in [-0.4, -0.2) is 63.4 Å². The quantitative estimate of drug-likeness (QED) is 0.779. The second-order valence-corrected chi connectivity index (χ2v) is 9.43. The second-order valence-electron chi connectivity index (χ2n) is 7.68. The molecule has 1 aromatic carbocycles. The molecule has 1 fully saturated rings. The molecule has 1 N–H and O–H groups in total. The van der Waals surface area contributed by atoms with Crippen molar-refractivity contribution in [3.63, 3.8) is 0 Å². The maximum Gasteiger partial charge on any atom is 0.240 e. The summed E-state index contributed by atoms with van der Waals surface area (Å²) < 4.78 is 28.0. The Bertz CT molecular complexity index is 710. The van der Waals surface area contributed by atoms with E-state index in [1.54, 1.807) is 11.0 Å². The Hall–Kier alpha value is -1.44. The van der Waals surface area contributed by atoms with Gasteiger partial charge in [0.05, 0.1) is 5.75 Å².